The first-order valence-corrected chi connectivity index (χ1v) is 9.33. The zero-order valence-corrected chi connectivity index (χ0v) is 18.2. The Kier molecular flexibility index (Phi) is 8.99. The Morgan fingerprint density at radius 3 is 2.59 bits per heavy atom. The molecule has 1 amide bonds. The highest BCUT2D eigenvalue weighted by atomic mass is 35.5. The zero-order valence-electron chi connectivity index (χ0n) is 16.6. The molecule has 1 aliphatic rings. The van der Waals surface area contributed by atoms with Crippen molar-refractivity contribution in [1.82, 2.24) is 25.0 Å². The number of likely N-dealkylation sites (tertiary alicyclic amines) is 1. The Hall–Kier alpha value is -1.37. The van der Waals surface area contributed by atoms with Crippen molar-refractivity contribution < 1.29 is 4.79 Å². The van der Waals surface area contributed by atoms with Crippen LogP contribution < -0.4 is 5.32 Å². The van der Waals surface area contributed by atoms with E-state index in [1.54, 1.807) is 6.20 Å². The molecule has 3 rings (SSSR count). The van der Waals surface area contributed by atoms with Crippen molar-refractivity contribution in [2.45, 2.75) is 46.1 Å². The average molecular weight is 416 g/mol. The van der Waals surface area contributed by atoms with Crippen LogP contribution >= 0.6 is 24.8 Å². The largest absolute Gasteiger partial charge is 0.339 e. The summed E-state index contributed by atoms with van der Waals surface area (Å²) in [4.78, 5) is 19.8. The fourth-order valence-corrected chi connectivity index (χ4v) is 3.61. The molecule has 0 bridgehead atoms. The molecule has 2 aromatic heterocycles. The van der Waals surface area contributed by atoms with Crippen molar-refractivity contribution in [2.75, 3.05) is 26.7 Å². The van der Waals surface area contributed by atoms with Gasteiger partial charge in [-0.2, -0.15) is 5.10 Å². The first-order valence-electron chi connectivity index (χ1n) is 9.33. The molecule has 1 aliphatic heterocycles. The lowest BCUT2D eigenvalue weighted by molar-refractivity contribution is 0.0692. The molecule has 152 valence electrons. The van der Waals surface area contributed by atoms with E-state index >= 15 is 0 Å². The van der Waals surface area contributed by atoms with E-state index in [1.807, 2.05) is 29.6 Å². The molecule has 0 saturated carbocycles. The lowest BCUT2D eigenvalue weighted by Gasteiger charge is -2.32. The predicted molar refractivity (Wildman–Crippen MR) is 114 cm³/mol. The van der Waals surface area contributed by atoms with Crippen LogP contribution in [0.25, 0.3) is 11.0 Å². The van der Waals surface area contributed by atoms with Gasteiger partial charge in [0.05, 0.1) is 23.2 Å². The number of piperidine rings is 1. The Bertz CT molecular complexity index is 756. The van der Waals surface area contributed by atoms with Crippen LogP contribution in [-0.2, 0) is 0 Å². The Morgan fingerprint density at radius 1 is 1.33 bits per heavy atom. The SMILES string of the molecule is CCC(C)n1ncc2c(C(=O)N3CCC(CNC)CC3)cc(C)nc21.Cl.Cl. The number of fused-ring (bicyclic) bond motifs is 1. The van der Waals surface area contributed by atoms with Crippen LogP contribution in [0, 0.1) is 12.8 Å². The van der Waals surface area contributed by atoms with Crippen LogP contribution in [0.4, 0.5) is 0 Å². The lowest BCUT2D eigenvalue weighted by Crippen LogP contribution is -2.40. The lowest BCUT2D eigenvalue weighted by atomic mass is 9.96. The minimum atomic E-state index is 0. The van der Waals surface area contributed by atoms with Gasteiger partial charge in [-0.05, 0) is 58.7 Å². The molecule has 8 heteroatoms. The van der Waals surface area contributed by atoms with Gasteiger partial charge < -0.3 is 10.2 Å². The summed E-state index contributed by atoms with van der Waals surface area (Å²) >= 11 is 0. The van der Waals surface area contributed by atoms with Crippen molar-refractivity contribution in [2.24, 2.45) is 5.92 Å². The van der Waals surface area contributed by atoms with Crippen molar-refractivity contribution in [3.63, 3.8) is 0 Å². The number of aromatic nitrogens is 3. The summed E-state index contributed by atoms with van der Waals surface area (Å²) in [5.74, 6) is 0.781. The molecule has 1 fully saturated rings. The molecule has 3 heterocycles. The van der Waals surface area contributed by atoms with Crippen LogP contribution in [-0.4, -0.2) is 52.3 Å². The minimum absolute atomic E-state index is 0. The summed E-state index contributed by atoms with van der Waals surface area (Å²) in [5, 5.41) is 8.62. The number of carbonyl (C=O) groups is 1. The topological polar surface area (TPSA) is 63.1 Å². The smallest absolute Gasteiger partial charge is 0.254 e. The van der Waals surface area contributed by atoms with Crippen molar-refractivity contribution in [3.8, 4) is 0 Å². The second kappa shape index (κ2) is 10.2. The quantitative estimate of drug-likeness (QED) is 0.809. The maximum absolute atomic E-state index is 13.1. The number of nitrogens with one attached hydrogen (secondary N) is 1. The van der Waals surface area contributed by atoms with Crippen LogP contribution in [0.1, 0.15) is 55.2 Å². The van der Waals surface area contributed by atoms with Gasteiger partial charge in [-0.3, -0.25) is 4.79 Å². The Labute approximate surface area is 173 Å². The van der Waals surface area contributed by atoms with Crippen LogP contribution in [0.2, 0.25) is 0 Å². The number of amides is 1. The first kappa shape index (κ1) is 23.7. The maximum Gasteiger partial charge on any atom is 0.254 e. The molecule has 0 radical (unpaired) electrons. The number of pyridine rings is 1. The van der Waals surface area contributed by atoms with E-state index in [0.717, 1.165) is 61.2 Å². The van der Waals surface area contributed by atoms with Gasteiger partial charge in [0.25, 0.3) is 5.91 Å². The molecule has 1 atom stereocenters. The fraction of sp³-hybridized carbons (Fsp3) is 0.632. The normalized spacial score (nSPS) is 15.9. The fourth-order valence-electron chi connectivity index (χ4n) is 3.61. The Balaban J connectivity index is 0.00000182. The maximum atomic E-state index is 13.1. The van der Waals surface area contributed by atoms with Gasteiger partial charge in [-0.15, -0.1) is 24.8 Å². The number of nitrogens with zero attached hydrogens (tertiary/aromatic N) is 4. The molecule has 0 aliphatic carbocycles. The van der Waals surface area contributed by atoms with Crippen molar-refractivity contribution in [1.29, 1.82) is 0 Å². The molecule has 0 aromatic carbocycles. The van der Waals surface area contributed by atoms with Crippen LogP contribution in [0.3, 0.4) is 0 Å². The minimum Gasteiger partial charge on any atom is -0.339 e. The number of aryl methyl sites for hydroxylation is 1. The molecule has 27 heavy (non-hydrogen) atoms. The standard InChI is InChI=1S/C19H29N5O.2ClH/c1-5-14(3)24-18-17(12-21-24)16(10-13(2)22-18)19(25)23-8-6-15(7-9-23)11-20-4;;/h10,12,14-15,20H,5-9,11H2,1-4H3;2*1H. The summed E-state index contributed by atoms with van der Waals surface area (Å²) in [5.41, 5.74) is 2.43. The number of carbonyl (C=O) groups excluding carboxylic acids is 1. The summed E-state index contributed by atoms with van der Waals surface area (Å²) < 4.78 is 1.94. The third-order valence-corrected chi connectivity index (χ3v) is 5.33. The van der Waals surface area contributed by atoms with Gasteiger partial charge in [0, 0.05) is 18.8 Å². The van der Waals surface area contributed by atoms with Gasteiger partial charge in [0.15, 0.2) is 5.65 Å². The molecule has 6 nitrogen and oxygen atoms in total. The zero-order chi connectivity index (χ0) is 18.0. The first-order chi connectivity index (χ1) is 12.0. The Morgan fingerprint density at radius 2 is 2.00 bits per heavy atom. The van der Waals surface area contributed by atoms with E-state index in [2.05, 4.69) is 29.2 Å². The molecular weight excluding hydrogens is 385 g/mol. The number of hydrogen-bond acceptors (Lipinski definition) is 4. The number of hydrogen-bond donors (Lipinski definition) is 1. The molecule has 1 saturated heterocycles. The van der Waals surface area contributed by atoms with Crippen LogP contribution in [0.15, 0.2) is 12.3 Å². The van der Waals surface area contributed by atoms with Gasteiger partial charge in [-0.1, -0.05) is 6.92 Å². The second-order valence-corrected chi connectivity index (χ2v) is 7.19. The average Bonchev–Trinajstić information content (AvgIpc) is 3.04. The monoisotopic (exact) mass is 415 g/mol. The number of halogens is 2. The van der Waals surface area contributed by atoms with Gasteiger partial charge in [0.1, 0.15) is 0 Å². The summed E-state index contributed by atoms with van der Waals surface area (Å²) in [7, 11) is 1.99. The van der Waals surface area contributed by atoms with E-state index in [9.17, 15) is 4.79 Å². The van der Waals surface area contributed by atoms with Crippen molar-refractivity contribution >= 4 is 41.8 Å². The molecule has 1 unspecified atom stereocenters. The third-order valence-electron chi connectivity index (χ3n) is 5.33. The van der Waals surface area contributed by atoms with Gasteiger partial charge >= 0.3 is 0 Å². The highest BCUT2D eigenvalue weighted by molar-refractivity contribution is 6.05. The van der Waals surface area contributed by atoms with Crippen LogP contribution in [0.5, 0.6) is 0 Å². The molecular formula is C19H31Cl2N5O. The summed E-state index contributed by atoms with van der Waals surface area (Å²) in [6, 6.07) is 2.18. The predicted octanol–water partition coefficient (Wildman–Crippen LogP) is 3.63. The van der Waals surface area contributed by atoms with Gasteiger partial charge in [-0.25, -0.2) is 9.67 Å². The van der Waals surface area contributed by atoms with E-state index in [0.29, 0.717) is 5.92 Å². The molecule has 1 N–H and O–H groups in total. The summed E-state index contributed by atoms with van der Waals surface area (Å²) in [6.07, 6.45) is 4.90. The third kappa shape index (κ3) is 4.92. The second-order valence-electron chi connectivity index (χ2n) is 7.19. The number of rotatable bonds is 5. The summed E-state index contributed by atoms with van der Waals surface area (Å²) in [6.45, 7) is 8.90. The van der Waals surface area contributed by atoms with Gasteiger partial charge in [0.2, 0.25) is 0 Å². The molecule has 0 spiro atoms. The van der Waals surface area contributed by atoms with Crippen molar-refractivity contribution in [3.05, 3.63) is 23.5 Å². The van der Waals surface area contributed by atoms with E-state index < -0.39 is 0 Å². The molecule has 2 aromatic rings. The highest BCUT2D eigenvalue weighted by Gasteiger charge is 2.26. The van der Waals surface area contributed by atoms with E-state index in [-0.39, 0.29) is 36.8 Å². The van der Waals surface area contributed by atoms with E-state index in [1.165, 1.54) is 0 Å². The van der Waals surface area contributed by atoms with E-state index in [4.69, 9.17) is 0 Å². The highest BCUT2D eigenvalue weighted by Crippen LogP contribution is 2.25.